The highest BCUT2D eigenvalue weighted by atomic mass is 15.3. The minimum absolute atomic E-state index is 0.117. The molecule has 0 bridgehead atoms. The number of hydrazine groups is 1. The van der Waals surface area contributed by atoms with E-state index in [-0.39, 0.29) is 6.04 Å². The second-order valence-electron chi connectivity index (χ2n) is 4.44. The van der Waals surface area contributed by atoms with E-state index in [2.05, 4.69) is 35.6 Å². The van der Waals surface area contributed by atoms with Crippen molar-refractivity contribution in [2.45, 2.75) is 25.8 Å². The van der Waals surface area contributed by atoms with E-state index in [1.165, 1.54) is 11.3 Å². The molecule has 0 fully saturated rings. The highest BCUT2D eigenvalue weighted by Gasteiger charge is 2.13. The van der Waals surface area contributed by atoms with Crippen LogP contribution in [0.3, 0.4) is 0 Å². The second-order valence-corrected chi connectivity index (χ2v) is 4.44. The Bertz CT molecular complexity index is 490. The van der Waals surface area contributed by atoms with E-state index >= 15 is 0 Å². The lowest BCUT2D eigenvalue weighted by Crippen LogP contribution is -2.30. The van der Waals surface area contributed by atoms with Gasteiger partial charge in [-0.05, 0) is 18.1 Å². The van der Waals surface area contributed by atoms with Gasteiger partial charge in [0.05, 0.1) is 11.7 Å². The first-order valence-electron chi connectivity index (χ1n) is 6.27. The van der Waals surface area contributed by atoms with Crippen LogP contribution in [-0.2, 0) is 19.9 Å². The van der Waals surface area contributed by atoms with E-state index in [0.29, 0.717) is 0 Å². The van der Waals surface area contributed by atoms with Gasteiger partial charge in [0.25, 0.3) is 0 Å². The quantitative estimate of drug-likeness (QED) is 0.622. The lowest BCUT2D eigenvalue weighted by Gasteiger charge is -2.16. The van der Waals surface area contributed by atoms with Gasteiger partial charge in [0, 0.05) is 19.2 Å². The lowest BCUT2D eigenvalue weighted by molar-refractivity contribution is 0.530. The minimum Gasteiger partial charge on any atom is -0.272 e. The van der Waals surface area contributed by atoms with Gasteiger partial charge in [0.2, 0.25) is 0 Å². The molecule has 0 aliphatic carbocycles. The average Bonchev–Trinajstić information content (AvgIpc) is 2.77. The van der Waals surface area contributed by atoms with Gasteiger partial charge in [-0.3, -0.25) is 16.0 Å². The molecular weight excluding hydrogens is 224 g/mol. The highest BCUT2D eigenvalue weighted by Crippen LogP contribution is 2.17. The van der Waals surface area contributed by atoms with E-state index in [4.69, 9.17) is 5.84 Å². The summed E-state index contributed by atoms with van der Waals surface area (Å²) >= 11 is 0. The highest BCUT2D eigenvalue weighted by molar-refractivity contribution is 5.21. The van der Waals surface area contributed by atoms with Crippen LogP contribution in [0.4, 0.5) is 0 Å². The topological polar surface area (TPSA) is 55.9 Å². The molecule has 0 aliphatic heterocycles. The molecule has 4 nitrogen and oxygen atoms in total. The Morgan fingerprint density at radius 2 is 2.06 bits per heavy atom. The van der Waals surface area contributed by atoms with Crippen molar-refractivity contribution >= 4 is 0 Å². The maximum absolute atomic E-state index is 5.66. The van der Waals surface area contributed by atoms with Crippen LogP contribution in [0.15, 0.2) is 36.4 Å². The van der Waals surface area contributed by atoms with E-state index in [1.807, 2.05) is 29.9 Å². The van der Waals surface area contributed by atoms with Gasteiger partial charge in [-0.2, -0.15) is 5.10 Å². The Hall–Kier alpha value is -1.65. The predicted octanol–water partition coefficient (Wildman–Crippen LogP) is 1.73. The summed E-state index contributed by atoms with van der Waals surface area (Å²) in [6.45, 7) is 2.11. The van der Waals surface area contributed by atoms with Gasteiger partial charge >= 0.3 is 0 Å². The number of nitrogens with one attached hydrogen (secondary N) is 1. The zero-order valence-electron chi connectivity index (χ0n) is 10.9. The molecule has 18 heavy (non-hydrogen) atoms. The summed E-state index contributed by atoms with van der Waals surface area (Å²) in [4.78, 5) is 0. The van der Waals surface area contributed by atoms with Crippen molar-refractivity contribution in [2.24, 2.45) is 12.9 Å². The Labute approximate surface area is 108 Å². The van der Waals surface area contributed by atoms with Crippen molar-refractivity contribution in [3.05, 3.63) is 53.3 Å². The van der Waals surface area contributed by atoms with Gasteiger partial charge in [-0.15, -0.1) is 0 Å². The Kier molecular flexibility index (Phi) is 4.12. The van der Waals surface area contributed by atoms with Crippen molar-refractivity contribution in [3.8, 4) is 0 Å². The lowest BCUT2D eigenvalue weighted by atomic mass is 10.0. The second kappa shape index (κ2) is 5.80. The molecule has 3 N–H and O–H groups in total. The summed E-state index contributed by atoms with van der Waals surface area (Å²) in [6, 6.07) is 12.5. The first kappa shape index (κ1) is 12.8. The number of aromatic nitrogens is 2. The third-order valence-corrected chi connectivity index (χ3v) is 3.21. The summed E-state index contributed by atoms with van der Waals surface area (Å²) in [5.41, 5.74) is 6.39. The molecule has 4 heteroatoms. The summed E-state index contributed by atoms with van der Waals surface area (Å²) < 4.78 is 1.94. The monoisotopic (exact) mass is 244 g/mol. The molecule has 0 aliphatic rings. The molecular formula is C14H20N4. The number of hydrogen-bond acceptors (Lipinski definition) is 3. The Morgan fingerprint density at radius 3 is 2.61 bits per heavy atom. The number of hydrogen-bond donors (Lipinski definition) is 2. The largest absolute Gasteiger partial charge is 0.272 e. The number of nitrogens with two attached hydrogens (primary N) is 1. The molecule has 1 atom stereocenters. The van der Waals surface area contributed by atoms with E-state index in [9.17, 15) is 0 Å². The molecule has 0 saturated heterocycles. The van der Waals surface area contributed by atoms with Crippen LogP contribution in [0.2, 0.25) is 0 Å². The van der Waals surface area contributed by atoms with E-state index in [0.717, 1.165) is 18.5 Å². The van der Waals surface area contributed by atoms with Gasteiger partial charge in [-0.1, -0.05) is 37.3 Å². The van der Waals surface area contributed by atoms with Crippen molar-refractivity contribution < 1.29 is 0 Å². The van der Waals surface area contributed by atoms with Gasteiger partial charge in [-0.25, -0.2) is 0 Å². The molecule has 0 spiro atoms. The number of benzene rings is 1. The van der Waals surface area contributed by atoms with Crippen LogP contribution in [0, 0.1) is 0 Å². The third kappa shape index (κ3) is 2.78. The molecule has 0 saturated carbocycles. The van der Waals surface area contributed by atoms with Crippen LogP contribution < -0.4 is 11.3 Å². The summed E-state index contributed by atoms with van der Waals surface area (Å²) in [5.74, 6) is 5.66. The van der Waals surface area contributed by atoms with Crippen LogP contribution >= 0.6 is 0 Å². The summed E-state index contributed by atoms with van der Waals surface area (Å²) in [5, 5.41) is 4.46. The number of aryl methyl sites for hydroxylation is 2. The Morgan fingerprint density at radius 1 is 1.33 bits per heavy atom. The van der Waals surface area contributed by atoms with Crippen LogP contribution in [-0.4, -0.2) is 9.78 Å². The zero-order valence-corrected chi connectivity index (χ0v) is 10.9. The van der Waals surface area contributed by atoms with Crippen LogP contribution in [0.1, 0.15) is 29.9 Å². The fraction of sp³-hybridized carbons (Fsp3) is 0.357. The minimum atomic E-state index is 0.117. The van der Waals surface area contributed by atoms with Gasteiger partial charge in [0.15, 0.2) is 0 Å². The molecule has 2 aromatic rings. The third-order valence-electron chi connectivity index (χ3n) is 3.21. The first-order chi connectivity index (χ1) is 8.74. The van der Waals surface area contributed by atoms with Gasteiger partial charge in [0.1, 0.15) is 0 Å². The predicted molar refractivity (Wildman–Crippen MR) is 72.8 cm³/mol. The van der Waals surface area contributed by atoms with E-state index < -0.39 is 0 Å². The van der Waals surface area contributed by atoms with Crippen molar-refractivity contribution in [1.29, 1.82) is 0 Å². The molecule has 0 amide bonds. The maximum Gasteiger partial charge on any atom is 0.0624 e. The van der Waals surface area contributed by atoms with Crippen molar-refractivity contribution in [1.82, 2.24) is 15.2 Å². The standard InChI is InChI=1S/C14H20N4/c1-3-12-9-13(18(2)17-12)10-14(16-15)11-7-5-4-6-8-11/h4-9,14,16H,3,10,15H2,1-2H3. The van der Waals surface area contributed by atoms with Crippen molar-refractivity contribution in [3.63, 3.8) is 0 Å². The SMILES string of the molecule is CCc1cc(CC(NN)c2ccccc2)n(C)n1. The normalized spacial score (nSPS) is 12.6. The molecule has 0 radical (unpaired) electrons. The van der Waals surface area contributed by atoms with E-state index in [1.54, 1.807) is 0 Å². The molecule has 1 aromatic heterocycles. The maximum atomic E-state index is 5.66. The van der Waals surface area contributed by atoms with Crippen LogP contribution in [0.5, 0.6) is 0 Å². The molecule has 1 aromatic carbocycles. The molecule has 96 valence electrons. The number of rotatable bonds is 5. The summed E-state index contributed by atoms with van der Waals surface area (Å²) in [6.07, 6.45) is 1.80. The smallest absolute Gasteiger partial charge is 0.0624 e. The fourth-order valence-electron chi connectivity index (χ4n) is 2.10. The van der Waals surface area contributed by atoms with Gasteiger partial charge < -0.3 is 0 Å². The molecule has 1 unspecified atom stereocenters. The first-order valence-corrected chi connectivity index (χ1v) is 6.27. The zero-order chi connectivity index (χ0) is 13.0. The average molecular weight is 244 g/mol. The fourth-order valence-corrected chi connectivity index (χ4v) is 2.10. The molecule has 2 rings (SSSR count). The number of nitrogens with zero attached hydrogens (tertiary/aromatic N) is 2. The van der Waals surface area contributed by atoms with Crippen LogP contribution in [0.25, 0.3) is 0 Å². The van der Waals surface area contributed by atoms with Crippen molar-refractivity contribution in [2.75, 3.05) is 0 Å². The Balaban J connectivity index is 2.18. The summed E-state index contributed by atoms with van der Waals surface area (Å²) in [7, 11) is 1.98. The molecule has 1 heterocycles.